The van der Waals surface area contributed by atoms with Crippen LogP contribution in [-0.2, 0) is 4.79 Å². The van der Waals surface area contributed by atoms with Crippen LogP contribution in [0.5, 0.6) is 5.75 Å². The number of hydrogen-bond acceptors (Lipinski definition) is 6. The number of thioether (sulfide) groups is 1. The second-order valence-corrected chi connectivity index (χ2v) is 5.86. The number of nitrogen functional groups attached to an aromatic ring is 1. The monoisotopic (exact) mass is 321 g/mol. The summed E-state index contributed by atoms with van der Waals surface area (Å²) in [5.41, 5.74) is 0.828. The van der Waals surface area contributed by atoms with Gasteiger partial charge in [0.15, 0.2) is 5.82 Å². The summed E-state index contributed by atoms with van der Waals surface area (Å²) in [7, 11) is 1.61. The number of aromatic nitrogens is 3. The van der Waals surface area contributed by atoms with Crippen molar-refractivity contribution in [2.24, 2.45) is 0 Å². The Kier molecular flexibility index (Phi) is 5.26. The third-order valence-electron chi connectivity index (χ3n) is 2.79. The smallest absolute Gasteiger partial charge is 0.230 e. The van der Waals surface area contributed by atoms with Gasteiger partial charge in [-0.1, -0.05) is 11.8 Å². The first-order valence-corrected chi connectivity index (χ1v) is 7.77. The Labute approximate surface area is 133 Å². The largest absolute Gasteiger partial charge is 0.497 e. The summed E-state index contributed by atoms with van der Waals surface area (Å²) in [5, 5.41) is 11.4. The molecule has 1 aromatic heterocycles. The predicted molar refractivity (Wildman–Crippen MR) is 86.2 cm³/mol. The fraction of sp³-hybridized carbons (Fsp3) is 0.357. The average molecular weight is 321 g/mol. The Morgan fingerprint density at radius 2 is 2.05 bits per heavy atom. The molecule has 0 aliphatic rings. The highest BCUT2D eigenvalue weighted by Crippen LogP contribution is 2.23. The molecule has 7 nitrogen and oxygen atoms in total. The molecule has 0 spiro atoms. The molecule has 3 N–H and O–H groups in total. The first-order chi connectivity index (χ1) is 10.5. The van der Waals surface area contributed by atoms with Gasteiger partial charge in [0.25, 0.3) is 0 Å². The molecule has 0 radical (unpaired) electrons. The molecular formula is C14H19N5O2S. The van der Waals surface area contributed by atoms with Crippen molar-refractivity contribution in [1.29, 1.82) is 0 Å². The lowest BCUT2D eigenvalue weighted by atomic mass is 10.2. The third kappa shape index (κ3) is 3.91. The number of hydrogen-bond donors (Lipinski definition) is 2. The Bertz CT molecular complexity index is 639. The zero-order valence-corrected chi connectivity index (χ0v) is 13.6. The van der Waals surface area contributed by atoms with E-state index in [2.05, 4.69) is 15.5 Å². The minimum Gasteiger partial charge on any atom is -0.497 e. The number of carbonyl (C=O) groups is 1. The molecule has 22 heavy (non-hydrogen) atoms. The lowest BCUT2D eigenvalue weighted by Gasteiger charge is -2.07. The number of nitrogens with zero attached hydrogens (tertiary/aromatic N) is 3. The van der Waals surface area contributed by atoms with E-state index in [1.54, 1.807) is 7.11 Å². The maximum atomic E-state index is 11.6. The topological polar surface area (TPSA) is 95.1 Å². The fourth-order valence-corrected chi connectivity index (χ4v) is 2.47. The highest BCUT2D eigenvalue weighted by atomic mass is 32.2. The van der Waals surface area contributed by atoms with Crippen molar-refractivity contribution in [3.8, 4) is 17.1 Å². The van der Waals surface area contributed by atoms with Crippen LogP contribution in [0, 0.1) is 0 Å². The summed E-state index contributed by atoms with van der Waals surface area (Å²) >= 11 is 1.25. The molecule has 2 aromatic rings. The molecule has 118 valence electrons. The van der Waals surface area contributed by atoms with Gasteiger partial charge in [0, 0.05) is 11.6 Å². The second-order valence-electron chi connectivity index (χ2n) is 4.92. The van der Waals surface area contributed by atoms with Crippen LogP contribution in [0.1, 0.15) is 13.8 Å². The Hall–Kier alpha value is -2.22. The van der Waals surface area contributed by atoms with Crippen LogP contribution >= 0.6 is 11.8 Å². The fourth-order valence-electron chi connectivity index (χ4n) is 1.81. The van der Waals surface area contributed by atoms with Crippen LogP contribution in [0.15, 0.2) is 29.4 Å². The number of benzene rings is 1. The molecule has 0 atom stereocenters. The van der Waals surface area contributed by atoms with Crippen molar-refractivity contribution < 1.29 is 9.53 Å². The Balaban J connectivity index is 2.07. The van der Waals surface area contributed by atoms with E-state index in [9.17, 15) is 4.79 Å². The molecule has 0 fully saturated rings. The number of nitrogens with one attached hydrogen (secondary N) is 1. The molecule has 0 aliphatic carbocycles. The predicted octanol–water partition coefficient (Wildman–Crippen LogP) is 1.28. The van der Waals surface area contributed by atoms with Gasteiger partial charge in [-0.15, -0.1) is 10.2 Å². The van der Waals surface area contributed by atoms with Gasteiger partial charge in [0.2, 0.25) is 11.1 Å². The first kappa shape index (κ1) is 16.2. The number of rotatable bonds is 6. The van der Waals surface area contributed by atoms with Crippen molar-refractivity contribution in [1.82, 2.24) is 20.2 Å². The molecule has 0 aliphatic heterocycles. The summed E-state index contributed by atoms with van der Waals surface area (Å²) < 4.78 is 6.50. The third-order valence-corrected chi connectivity index (χ3v) is 3.74. The highest BCUT2D eigenvalue weighted by Gasteiger charge is 2.14. The van der Waals surface area contributed by atoms with Crippen molar-refractivity contribution in [3.63, 3.8) is 0 Å². The van der Waals surface area contributed by atoms with E-state index in [0.29, 0.717) is 11.0 Å². The van der Waals surface area contributed by atoms with E-state index in [-0.39, 0.29) is 17.7 Å². The Morgan fingerprint density at radius 1 is 1.36 bits per heavy atom. The van der Waals surface area contributed by atoms with Crippen LogP contribution in [0.4, 0.5) is 0 Å². The zero-order valence-electron chi connectivity index (χ0n) is 12.7. The number of carbonyl (C=O) groups excluding carboxylic acids is 1. The summed E-state index contributed by atoms with van der Waals surface area (Å²) in [6, 6.07) is 7.47. The minimum atomic E-state index is -0.0611. The van der Waals surface area contributed by atoms with Crippen LogP contribution < -0.4 is 15.9 Å². The maximum absolute atomic E-state index is 11.6. The lowest BCUT2D eigenvalue weighted by Crippen LogP contribution is -2.31. The average Bonchev–Trinajstić information content (AvgIpc) is 2.85. The van der Waals surface area contributed by atoms with E-state index >= 15 is 0 Å². The van der Waals surface area contributed by atoms with Gasteiger partial charge >= 0.3 is 0 Å². The normalized spacial score (nSPS) is 10.7. The number of methoxy groups -OCH3 is 1. The zero-order chi connectivity index (χ0) is 16.1. The molecule has 1 heterocycles. The lowest BCUT2D eigenvalue weighted by molar-refractivity contribution is -0.119. The molecule has 0 bridgehead atoms. The van der Waals surface area contributed by atoms with E-state index in [1.165, 1.54) is 16.4 Å². The molecule has 1 amide bonds. The molecule has 8 heteroatoms. The van der Waals surface area contributed by atoms with Gasteiger partial charge in [-0.25, -0.2) is 4.68 Å². The number of amides is 1. The Morgan fingerprint density at radius 3 is 2.64 bits per heavy atom. The van der Waals surface area contributed by atoms with E-state index in [4.69, 9.17) is 10.6 Å². The SMILES string of the molecule is COc1ccc(-c2nnc(SCC(=O)NC(C)C)n2N)cc1. The first-order valence-electron chi connectivity index (χ1n) is 6.78. The summed E-state index contributed by atoms with van der Waals surface area (Å²) in [5.74, 6) is 7.48. The summed E-state index contributed by atoms with van der Waals surface area (Å²) in [4.78, 5) is 11.6. The molecule has 0 unspecified atom stereocenters. The van der Waals surface area contributed by atoms with Gasteiger partial charge in [-0.3, -0.25) is 4.79 Å². The molecular weight excluding hydrogens is 302 g/mol. The number of ether oxygens (including phenoxy) is 1. The molecule has 1 aromatic carbocycles. The van der Waals surface area contributed by atoms with E-state index in [1.807, 2.05) is 38.1 Å². The summed E-state index contributed by atoms with van der Waals surface area (Å²) in [6.45, 7) is 3.82. The summed E-state index contributed by atoms with van der Waals surface area (Å²) in [6.07, 6.45) is 0. The standard InChI is InChI=1S/C14H19N5O2S/c1-9(2)16-12(20)8-22-14-18-17-13(19(14)15)10-4-6-11(21-3)7-5-10/h4-7,9H,8,15H2,1-3H3,(H,16,20). The van der Waals surface area contributed by atoms with Crippen molar-refractivity contribution in [3.05, 3.63) is 24.3 Å². The minimum absolute atomic E-state index is 0.0611. The van der Waals surface area contributed by atoms with Crippen LogP contribution in [0.25, 0.3) is 11.4 Å². The number of nitrogens with two attached hydrogens (primary N) is 1. The molecule has 2 rings (SSSR count). The van der Waals surface area contributed by atoms with Crippen molar-refractivity contribution in [2.45, 2.75) is 25.0 Å². The second kappa shape index (κ2) is 7.17. The van der Waals surface area contributed by atoms with Crippen molar-refractivity contribution >= 4 is 17.7 Å². The quantitative estimate of drug-likeness (QED) is 0.615. The van der Waals surface area contributed by atoms with Crippen LogP contribution in [0.2, 0.25) is 0 Å². The highest BCUT2D eigenvalue weighted by molar-refractivity contribution is 7.99. The van der Waals surface area contributed by atoms with Gasteiger partial charge in [-0.2, -0.15) is 0 Å². The van der Waals surface area contributed by atoms with Crippen molar-refractivity contribution in [2.75, 3.05) is 18.7 Å². The van der Waals surface area contributed by atoms with Gasteiger partial charge in [-0.05, 0) is 38.1 Å². The van der Waals surface area contributed by atoms with E-state index < -0.39 is 0 Å². The van der Waals surface area contributed by atoms with Crippen LogP contribution in [-0.4, -0.2) is 39.7 Å². The van der Waals surface area contributed by atoms with Gasteiger partial charge < -0.3 is 15.9 Å². The molecule has 0 saturated heterocycles. The van der Waals surface area contributed by atoms with Gasteiger partial charge in [0.05, 0.1) is 12.9 Å². The van der Waals surface area contributed by atoms with E-state index in [0.717, 1.165) is 11.3 Å². The van der Waals surface area contributed by atoms with Gasteiger partial charge in [0.1, 0.15) is 5.75 Å². The molecule has 0 saturated carbocycles. The maximum Gasteiger partial charge on any atom is 0.230 e. The van der Waals surface area contributed by atoms with Crippen LogP contribution in [0.3, 0.4) is 0 Å².